The lowest BCUT2D eigenvalue weighted by Crippen LogP contribution is -2.45. The molecule has 0 aliphatic carbocycles. The summed E-state index contributed by atoms with van der Waals surface area (Å²) in [7, 11) is 0. The Morgan fingerprint density at radius 1 is 1.14 bits per heavy atom. The first kappa shape index (κ1) is 26.1. The highest BCUT2D eigenvalue weighted by atomic mass is 35.5. The quantitative estimate of drug-likeness (QED) is 0.382. The monoisotopic (exact) mass is 519 g/mol. The van der Waals surface area contributed by atoms with Gasteiger partial charge in [-0.25, -0.2) is 0 Å². The van der Waals surface area contributed by atoms with Gasteiger partial charge in [-0.2, -0.15) is 0 Å². The number of piperidine rings is 1. The number of benzene rings is 2. The molecule has 2 aliphatic heterocycles. The number of fused-ring (bicyclic) bond motifs is 2. The predicted octanol–water partition coefficient (Wildman–Crippen LogP) is 6.67. The van der Waals surface area contributed by atoms with Crippen LogP contribution in [0, 0.1) is 5.92 Å². The van der Waals surface area contributed by atoms with Crippen molar-refractivity contribution in [3.05, 3.63) is 57.6 Å². The molecule has 2 aromatic carbocycles. The minimum absolute atomic E-state index is 0.0464. The number of esters is 1. The molecule has 1 atom stereocenters. The van der Waals surface area contributed by atoms with Crippen LogP contribution in [0.5, 0.6) is 11.5 Å². The van der Waals surface area contributed by atoms with Crippen LogP contribution in [0.1, 0.15) is 58.1 Å². The van der Waals surface area contributed by atoms with Gasteiger partial charge >= 0.3 is 5.97 Å². The van der Waals surface area contributed by atoms with Crippen LogP contribution in [0.4, 0.5) is 0 Å². The van der Waals surface area contributed by atoms with E-state index in [9.17, 15) is 4.79 Å². The number of nitrogens with zero attached hydrogens (tertiary/aromatic N) is 1. The van der Waals surface area contributed by atoms with Gasteiger partial charge in [-0.15, -0.1) is 0 Å². The maximum absolute atomic E-state index is 12.2. The van der Waals surface area contributed by atoms with Crippen molar-refractivity contribution in [2.45, 2.75) is 64.6 Å². The largest absolute Gasteiger partial charge is 0.492 e. The van der Waals surface area contributed by atoms with Gasteiger partial charge < -0.3 is 19.1 Å². The Morgan fingerprint density at radius 3 is 2.49 bits per heavy atom. The minimum atomic E-state index is -0.434. The molecule has 4 rings (SSSR count). The molecule has 1 spiro atoms. The summed E-state index contributed by atoms with van der Waals surface area (Å²) in [6.45, 7) is 11.7. The van der Waals surface area contributed by atoms with Gasteiger partial charge in [-0.3, -0.25) is 4.79 Å². The number of rotatable bonds is 7. The number of halogens is 2. The Labute approximate surface area is 218 Å². The molecule has 7 heteroatoms. The highest BCUT2D eigenvalue weighted by Crippen LogP contribution is 2.47. The van der Waals surface area contributed by atoms with Crippen molar-refractivity contribution in [2.75, 3.05) is 26.2 Å². The normalized spacial score (nSPS) is 18.1. The van der Waals surface area contributed by atoms with Gasteiger partial charge in [-0.05, 0) is 70.8 Å². The molecule has 0 saturated carbocycles. The van der Waals surface area contributed by atoms with Crippen molar-refractivity contribution < 1.29 is 19.0 Å². The molecular weight excluding hydrogens is 485 g/mol. The van der Waals surface area contributed by atoms with E-state index in [4.69, 9.17) is 37.4 Å². The second kappa shape index (κ2) is 10.6. The molecule has 190 valence electrons. The third kappa shape index (κ3) is 6.44. The van der Waals surface area contributed by atoms with Crippen LogP contribution in [0.3, 0.4) is 0 Å². The molecule has 1 unspecified atom stereocenters. The molecule has 2 aliphatic rings. The summed E-state index contributed by atoms with van der Waals surface area (Å²) in [5.74, 6) is 1.79. The Morgan fingerprint density at radius 2 is 1.83 bits per heavy atom. The van der Waals surface area contributed by atoms with Crippen molar-refractivity contribution >= 4 is 29.2 Å². The highest BCUT2D eigenvalue weighted by Gasteiger charge is 2.43. The molecule has 0 amide bonds. The smallest absolute Gasteiger partial charge is 0.306 e. The predicted molar refractivity (Wildman–Crippen MR) is 140 cm³/mol. The minimum Gasteiger partial charge on any atom is -0.492 e. The number of ether oxygens (including phenoxy) is 3. The lowest BCUT2D eigenvalue weighted by molar-refractivity contribution is -0.156. The van der Waals surface area contributed by atoms with E-state index in [1.54, 1.807) is 0 Å². The molecule has 1 saturated heterocycles. The standard InChI is InChI=1S/C28H35Cl2NO4/c1-19(14-26(32)35-27(2,3)4)16-31-12-10-28(11-13-31)18-34-25-15-20(8-9-22(25)28)33-17-21-23(29)6-5-7-24(21)30/h5-9,15,19H,10-14,16-18H2,1-4H3. The Bertz CT molecular complexity index is 1040. The first-order chi connectivity index (χ1) is 16.5. The van der Waals surface area contributed by atoms with Crippen LogP contribution < -0.4 is 9.47 Å². The van der Waals surface area contributed by atoms with Gasteiger partial charge in [0.25, 0.3) is 0 Å². The number of likely N-dealkylation sites (tertiary alicyclic amines) is 1. The molecule has 2 aromatic rings. The summed E-state index contributed by atoms with van der Waals surface area (Å²) in [5, 5.41) is 1.20. The van der Waals surface area contributed by atoms with E-state index in [0.717, 1.165) is 49.5 Å². The molecule has 0 radical (unpaired) electrons. The molecule has 1 fully saturated rings. The molecule has 0 N–H and O–H groups in total. The molecular formula is C28H35Cl2NO4. The lowest BCUT2D eigenvalue weighted by Gasteiger charge is -2.39. The van der Waals surface area contributed by atoms with Crippen molar-refractivity contribution in [1.29, 1.82) is 0 Å². The molecule has 5 nitrogen and oxygen atoms in total. The van der Waals surface area contributed by atoms with E-state index in [0.29, 0.717) is 29.7 Å². The van der Waals surface area contributed by atoms with E-state index in [1.165, 1.54) is 5.56 Å². The second-order valence-electron chi connectivity index (χ2n) is 10.9. The summed E-state index contributed by atoms with van der Waals surface area (Å²) < 4.78 is 17.6. The van der Waals surface area contributed by atoms with Crippen LogP contribution in [0.25, 0.3) is 0 Å². The lowest BCUT2D eigenvalue weighted by atomic mass is 9.74. The van der Waals surface area contributed by atoms with Crippen LogP contribution in [-0.4, -0.2) is 42.7 Å². The molecule has 2 heterocycles. The fourth-order valence-electron chi connectivity index (χ4n) is 5.02. The van der Waals surface area contributed by atoms with E-state index >= 15 is 0 Å². The van der Waals surface area contributed by atoms with E-state index in [2.05, 4.69) is 17.9 Å². The van der Waals surface area contributed by atoms with Gasteiger partial charge in [0.15, 0.2) is 0 Å². The van der Waals surface area contributed by atoms with Crippen LogP contribution in [0.15, 0.2) is 36.4 Å². The maximum atomic E-state index is 12.2. The number of hydrogen-bond donors (Lipinski definition) is 0. The van der Waals surface area contributed by atoms with Gasteiger partial charge in [0, 0.05) is 45.6 Å². The van der Waals surface area contributed by atoms with Crippen molar-refractivity contribution in [3.8, 4) is 11.5 Å². The van der Waals surface area contributed by atoms with Crippen molar-refractivity contribution in [2.24, 2.45) is 5.92 Å². The zero-order chi connectivity index (χ0) is 25.2. The summed E-state index contributed by atoms with van der Waals surface area (Å²) in [5.41, 5.74) is 1.66. The Kier molecular flexibility index (Phi) is 7.89. The summed E-state index contributed by atoms with van der Waals surface area (Å²) >= 11 is 12.5. The van der Waals surface area contributed by atoms with Crippen LogP contribution in [0.2, 0.25) is 10.0 Å². The first-order valence-electron chi connectivity index (χ1n) is 12.3. The second-order valence-corrected chi connectivity index (χ2v) is 11.7. The van der Waals surface area contributed by atoms with Gasteiger partial charge in [0.1, 0.15) is 23.7 Å². The SMILES string of the molecule is CC(CC(=O)OC(C)(C)C)CN1CCC2(CC1)COc1cc(OCc3c(Cl)cccc3Cl)ccc12. The molecule has 0 bridgehead atoms. The van der Waals surface area contributed by atoms with Gasteiger partial charge in [0.2, 0.25) is 0 Å². The van der Waals surface area contributed by atoms with E-state index < -0.39 is 5.60 Å². The summed E-state index contributed by atoms with van der Waals surface area (Å²) in [6.07, 6.45) is 2.52. The molecule has 0 aromatic heterocycles. The van der Waals surface area contributed by atoms with E-state index in [-0.39, 0.29) is 17.3 Å². The van der Waals surface area contributed by atoms with Crippen LogP contribution >= 0.6 is 23.2 Å². The topological polar surface area (TPSA) is 48.0 Å². The number of carbonyl (C=O) groups is 1. The Hall–Kier alpha value is -1.95. The third-order valence-corrected chi connectivity index (χ3v) is 7.50. The van der Waals surface area contributed by atoms with Gasteiger partial charge in [-0.1, -0.05) is 42.3 Å². The highest BCUT2D eigenvalue weighted by molar-refractivity contribution is 6.35. The molecule has 35 heavy (non-hydrogen) atoms. The summed E-state index contributed by atoms with van der Waals surface area (Å²) in [6, 6.07) is 11.6. The number of hydrogen-bond acceptors (Lipinski definition) is 5. The average Bonchev–Trinajstić information content (AvgIpc) is 3.11. The third-order valence-electron chi connectivity index (χ3n) is 6.79. The van der Waals surface area contributed by atoms with Crippen molar-refractivity contribution in [1.82, 2.24) is 4.90 Å². The zero-order valence-electron chi connectivity index (χ0n) is 21.0. The van der Waals surface area contributed by atoms with E-state index in [1.807, 2.05) is 51.1 Å². The summed E-state index contributed by atoms with van der Waals surface area (Å²) in [4.78, 5) is 14.6. The fraction of sp³-hybridized carbons (Fsp3) is 0.536. The first-order valence-corrected chi connectivity index (χ1v) is 13.1. The van der Waals surface area contributed by atoms with Crippen molar-refractivity contribution in [3.63, 3.8) is 0 Å². The number of carbonyl (C=O) groups excluding carboxylic acids is 1. The fourth-order valence-corrected chi connectivity index (χ4v) is 5.53. The zero-order valence-corrected chi connectivity index (χ0v) is 22.5. The maximum Gasteiger partial charge on any atom is 0.306 e. The average molecular weight is 520 g/mol. The van der Waals surface area contributed by atoms with Crippen LogP contribution in [-0.2, 0) is 21.6 Å². The van der Waals surface area contributed by atoms with Gasteiger partial charge in [0.05, 0.1) is 6.61 Å². The Balaban J connectivity index is 1.31.